The number of anilines is 1. The maximum absolute atomic E-state index is 11.8. The second-order valence-corrected chi connectivity index (χ2v) is 3.80. The monoisotopic (exact) mass is 259 g/mol. The van der Waals surface area contributed by atoms with E-state index in [0.717, 1.165) is 0 Å². The predicted molar refractivity (Wildman–Crippen MR) is 70.1 cm³/mol. The van der Waals surface area contributed by atoms with Crippen LogP contribution in [0.3, 0.4) is 0 Å². The van der Waals surface area contributed by atoms with Gasteiger partial charge in [0.15, 0.2) is 0 Å². The first-order valence-corrected chi connectivity index (χ1v) is 5.42. The second-order valence-electron chi connectivity index (χ2n) is 3.36. The van der Waals surface area contributed by atoms with Crippen LogP contribution in [0.1, 0.15) is 15.9 Å². The summed E-state index contributed by atoms with van der Waals surface area (Å²) in [6, 6.07) is 6.61. The fourth-order valence-electron chi connectivity index (χ4n) is 1.26. The van der Waals surface area contributed by atoms with Gasteiger partial charge in [-0.1, -0.05) is 24.4 Å². The normalized spacial score (nSPS) is 9.78. The highest BCUT2D eigenvalue weighted by atomic mass is 32.1. The molecule has 18 heavy (non-hydrogen) atoms. The summed E-state index contributed by atoms with van der Waals surface area (Å²) in [5.74, 6) is -0.168. The van der Waals surface area contributed by atoms with Crippen molar-refractivity contribution in [3.8, 4) is 0 Å². The molecule has 0 aliphatic carbocycles. The van der Waals surface area contributed by atoms with Crippen molar-refractivity contribution in [1.82, 2.24) is 15.2 Å². The summed E-state index contributed by atoms with van der Waals surface area (Å²) in [5, 5.41) is 9.78. The molecule has 2 aromatic rings. The van der Waals surface area contributed by atoms with Crippen molar-refractivity contribution >= 4 is 29.1 Å². The Labute approximate surface area is 108 Å². The summed E-state index contributed by atoms with van der Waals surface area (Å²) in [5.41, 5.74) is 6.63. The fraction of sp³-hybridized carbons (Fsp3) is 0. The lowest BCUT2D eigenvalue weighted by atomic mass is 10.1. The van der Waals surface area contributed by atoms with E-state index in [2.05, 4.69) is 20.5 Å². The number of rotatable bonds is 3. The number of nitrogens with zero attached hydrogens (tertiary/aromatic N) is 3. The van der Waals surface area contributed by atoms with Crippen LogP contribution in [0.25, 0.3) is 0 Å². The van der Waals surface area contributed by atoms with Crippen molar-refractivity contribution in [3.63, 3.8) is 0 Å². The van der Waals surface area contributed by atoms with Gasteiger partial charge < -0.3 is 5.73 Å². The molecule has 1 amide bonds. The van der Waals surface area contributed by atoms with Gasteiger partial charge in [0.25, 0.3) is 5.91 Å². The minimum atomic E-state index is -0.322. The molecule has 6 nitrogen and oxygen atoms in total. The molecule has 0 spiro atoms. The first kappa shape index (κ1) is 12.1. The van der Waals surface area contributed by atoms with Crippen molar-refractivity contribution in [2.45, 2.75) is 0 Å². The zero-order valence-corrected chi connectivity index (χ0v) is 10.0. The summed E-state index contributed by atoms with van der Waals surface area (Å²) in [4.78, 5) is 15.9. The zero-order chi connectivity index (χ0) is 13.0. The average molecular weight is 259 g/mol. The molecular weight excluding hydrogens is 250 g/mol. The molecule has 0 radical (unpaired) electrons. The smallest absolute Gasteiger partial charge is 0.258 e. The van der Waals surface area contributed by atoms with Crippen LogP contribution in [-0.4, -0.2) is 26.1 Å². The third-order valence-electron chi connectivity index (χ3n) is 2.14. The minimum absolute atomic E-state index is 0.154. The van der Waals surface area contributed by atoms with E-state index < -0.39 is 0 Å². The van der Waals surface area contributed by atoms with Crippen LogP contribution in [0.2, 0.25) is 0 Å². The summed E-state index contributed by atoms with van der Waals surface area (Å²) in [6.07, 6.45) is 2.87. The van der Waals surface area contributed by atoms with E-state index in [9.17, 15) is 4.79 Å². The zero-order valence-electron chi connectivity index (χ0n) is 9.20. The van der Waals surface area contributed by atoms with Crippen LogP contribution in [0.4, 0.5) is 5.95 Å². The Hall–Kier alpha value is -2.41. The molecule has 0 unspecified atom stereocenters. The lowest BCUT2D eigenvalue weighted by molar-refractivity contribution is 0.102. The molecule has 0 bridgehead atoms. The molecule has 1 aromatic carbocycles. The quantitative estimate of drug-likeness (QED) is 0.790. The van der Waals surface area contributed by atoms with E-state index in [1.54, 1.807) is 24.3 Å². The number of benzene rings is 1. The van der Waals surface area contributed by atoms with Gasteiger partial charge in [-0.05, 0) is 12.1 Å². The van der Waals surface area contributed by atoms with E-state index in [1.165, 1.54) is 12.4 Å². The van der Waals surface area contributed by atoms with Crippen molar-refractivity contribution in [2.24, 2.45) is 5.73 Å². The molecule has 0 fully saturated rings. The van der Waals surface area contributed by atoms with Crippen LogP contribution in [0, 0.1) is 0 Å². The predicted octanol–water partition coefficient (Wildman–Crippen LogP) is 0.758. The first-order chi connectivity index (χ1) is 8.66. The maximum atomic E-state index is 11.8. The highest BCUT2D eigenvalue weighted by molar-refractivity contribution is 7.80. The molecule has 1 aromatic heterocycles. The standard InChI is InChI=1S/C11H9N5OS/c12-9(18)7-1-3-8(4-2-7)10(17)15-11-13-5-6-14-16-11/h1-6H,(H2,12,18)(H,13,15,16,17). The van der Waals surface area contributed by atoms with Gasteiger partial charge in [-0.15, -0.1) is 5.10 Å². The lowest BCUT2D eigenvalue weighted by Gasteiger charge is -2.03. The van der Waals surface area contributed by atoms with Gasteiger partial charge in [0.2, 0.25) is 5.95 Å². The van der Waals surface area contributed by atoms with Gasteiger partial charge in [-0.2, -0.15) is 5.10 Å². The van der Waals surface area contributed by atoms with Crippen LogP contribution < -0.4 is 11.1 Å². The first-order valence-electron chi connectivity index (χ1n) is 5.02. The molecule has 1 heterocycles. The number of aromatic nitrogens is 3. The van der Waals surface area contributed by atoms with Crippen molar-refractivity contribution in [1.29, 1.82) is 0 Å². The Morgan fingerprint density at radius 1 is 1.17 bits per heavy atom. The van der Waals surface area contributed by atoms with Gasteiger partial charge in [-0.25, -0.2) is 4.98 Å². The lowest BCUT2D eigenvalue weighted by Crippen LogP contribution is -2.15. The Balaban J connectivity index is 2.12. The maximum Gasteiger partial charge on any atom is 0.258 e. The van der Waals surface area contributed by atoms with Gasteiger partial charge in [0.05, 0.1) is 12.4 Å². The van der Waals surface area contributed by atoms with E-state index in [0.29, 0.717) is 11.1 Å². The summed E-state index contributed by atoms with van der Waals surface area (Å²) >= 11 is 4.82. The molecule has 90 valence electrons. The van der Waals surface area contributed by atoms with E-state index in [1.807, 2.05) is 0 Å². The molecular formula is C11H9N5OS. The molecule has 0 saturated carbocycles. The SMILES string of the molecule is NC(=S)c1ccc(C(=O)Nc2nccnn2)cc1. The minimum Gasteiger partial charge on any atom is -0.389 e. The number of carbonyl (C=O) groups excluding carboxylic acids is 1. The fourth-order valence-corrected chi connectivity index (χ4v) is 1.40. The average Bonchev–Trinajstić information content (AvgIpc) is 2.40. The summed E-state index contributed by atoms with van der Waals surface area (Å²) in [6.45, 7) is 0. The summed E-state index contributed by atoms with van der Waals surface area (Å²) in [7, 11) is 0. The third kappa shape index (κ3) is 2.83. The third-order valence-corrected chi connectivity index (χ3v) is 2.38. The highest BCUT2D eigenvalue weighted by Crippen LogP contribution is 2.06. The van der Waals surface area contributed by atoms with E-state index in [-0.39, 0.29) is 16.8 Å². The van der Waals surface area contributed by atoms with Gasteiger partial charge in [0.1, 0.15) is 4.99 Å². The Bertz CT molecular complexity index is 570. The van der Waals surface area contributed by atoms with Crippen molar-refractivity contribution in [2.75, 3.05) is 5.32 Å². The largest absolute Gasteiger partial charge is 0.389 e. The Morgan fingerprint density at radius 2 is 1.83 bits per heavy atom. The molecule has 3 N–H and O–H groups in total. The number of hydrogen-bond acceptors (Lipinski definition) is 5. The molecule has 0 aliphatic rings. The molecule has 7 heteroatoms. The van der Waals surface area contributed by atoms with Gasteiger partial charge in [0, 0.05) is 11.1 Å². The Kier molecular flexibility index (Phi) is 3.54. The number of nitrogens with one attached hydrogen (secondary N) is 1. The second kappa shape index (κ2) is 5.28. The molecule has 2 rings (SSSR count). The Morgan fingerprint density at radius 3 is 2.39 bits per heavy atom. The van der Waals surface area contributed by atoms with Gasteiger partial charge >= 0.3 is 0 Å². The number of hydrogen-bond donors (Lipinski definition) is 2. The molecule has 0 atom stereocenters. The molecule has 0 saturated heterocycles. The summed E-state index contributed by atoms with van der Waals surface area (Å²) < 4.78 is 0. The molecule has 0 aliphatic heterocycles. The number of nitrogens with two attached hydrogens (primary N) is 1. The van der Waals surface area contributed by atoms with Crippen molar-refractivity contribution in [3.05, 3.63) is 47.8 Å². The number of carbonyl (C=O) groups is 1. The van der Waals surface area contributed by atoms with Gasteiger partial charge in [-0.3, -0.25) is 10.1 Å². The number of thiocarbonyl (C=S) groups is 1. The van der Waals surface area contributed by atoms with Crippen LogP contribution in [0.5, 0.6) is 0 Å². The van der Waals surface area contributed by atoms with Crippen LogP contribution >= 0.6 is 12.2 Å². The highest BCUT2D eigenvalue weighted by Gasteiger charge is 2.07. The van der Waals surface area contributed by atoms with Crippen molar-refractivity contribution < 1.29 is 4.79 Å². The van der Waals surface area contributed by atoms with Crippen LogP contribution in [0.15, 0.2) is 36.7 Å². The van der Waals surface area contributed by atoms with Crippen LogP contribution in [-0.2, 0) is 0 Å². The number of amides is 1. The topological polar surface area (TPSA) is 93.8 Å². The van der Waals surface area contributed by atoms with E-state index in [4.69, 9.17) is 18.0 Å². The van der Waals surface area contributed by atoms with E-state index >= 15 is 0 Å².